The molecule has 1 aliphatic rings. The highest BCUT2D eigenvalue weighted by Gasteiger charge is 2.45. The van der Waals surface area contributed by atoms with E-state index in [-0.39, 0.29) is 34.2 Å². The molecule has 0 radical (unpaired) electrons. The van der Waals surface area contributed by atoms with Crippen molar-refractivity contribution < 1.29 is 31.6 Å². The van der Waals surface area contributed by atoms with Crippen molar-refractivity contribution in [2.24, 2.45) is 11.4 Å². The van der Waals surface area contributed by atoms with E-state index in [0.717, 1.165) is 22.2 Å². The first kappa shape index (κ1) is 33.6. The third kappa shape index (κ3) is 6.80. The summed E-state index contributed by atoms with van der Waals surface area (Å²) in [6, 6.07) is 26.9. The zero-order valence-electron chi connectivity index (χ0n) is 27.7. The molecular weight excluding hydrogens is 691 g/mol. The number of nitrogens with zero attached hydrogens (tertiary/aromatic N) is 6. The number of nitrogens with one attached hydrogen (secondary N) is 1. The van der Waals surface area contributed by atoms with Gasteiger partial charge in [0.2, 0.25) is 11.8 Å². The Kier molecular flexibility index (Phi) is 8.83. The number of aryl methyl sites for hydroxylation is 3. The molecule has 0 bridgehead atoms. The summed E-state index contributed by atoms with van der Waals surface area (Å²) in [5.41, 5.74) is 5.00. The van der Waals surface area contributed by atoms with Gasteiger partial charge in [-0.25, -0.2) is 9.67 Å². The van der Waals surface area contributed by atoms with Crippen LogP contribution >= 0.6 is 12.2 Å². The number of hydrogen-bond donors (Lipinski definition) is 1. The topological polar surface area (TPSA) is 156 Å². The minimum Gasteiger partial charge on any atom is -0.486 e. The van der Waals surface area contributed by atoms with E-state index in [2.05, 4.69) is 20.0 Å². The molecule has 1 saturated heterocycles. The van der Waals surface area contributed by atoms with E-state index in [0.29, 0.717) is 22.8 Å². The number of hydrogen-bond acceptors (Lipinski definition) is 8. The monoisotopic (exact) mass is 721 g/mol. The number of sulfonamides is 1. The van der Waals surface area contributed by atoms with Gasteiger partial charge in [-0.2, -0.15) is 8.42 Å². The Labute approximate surface area is 297 Å². The predicted octanol–water partition coefficient (Wildman–Crippen LogP) is 4.31. The van der Waals surface area contributed by atoms with Crippen molar-refractivity contribution >= 4 is 61.6 Å². The van der Waals surface area contributed by atoms with Crippen LogP contribution in [0.2, 0.25) is 0 Å². The van der Waals surface area contributed by atoms with Crippen LogP contribution in [0.25, 0.3) is 22.6 Å². The summed E-state index contributed by atoms with van der Waals surface area (Å²) in [5, 5.41) is 6.87. The molecule has 4 aromatic carbocycles. The predicted molar refractivity (Wildman–Crippen MR) is 190 cm³/mol. The summed E-state index contributed by atoms with van der Waals surface area (Å²) in [5.74, 6) is -0.413. The second kappa shape index (κ2) is 13.4. The maximum Gasteiger partial charge on any atom is 0.289 e. The standard InChI is InChI=1S/C36H31N7O6S2/c1-22-8-16-26(17-9-22)43-35(45)29(20-32(44)37-25-14-12-24(13-15-25)33-38-28-6-4-5-7-31(28)48-33)42(36(43)50)21-30-34(49-40-41(30)3)39-51(46,47)27-18-10-23(2)11-19-27/h4-19,29H,20-21H2,1-3H3,(H,37,44)/b39-34-. The van der Waals surface area contributed by atoms with Gasteiger partial charge in [0.15, 0.2) is 10.7 Å². The zero-order chi connectivity index (χ0) is 35.9. The molecule has 258 valence electrons. The van der Waals surface area contributed by atoms with Gasteiger partial charge in [0, 0.05) is 11.3 Å². The van der Waals surface area contributed by atoms with E-state index in [1.54, 1.807) is 60.5 Å². The van der Waals surface area contributed by atoms with Crippen molar-refractivity contribution in [1.82, 2.24) is 15.2 Å². The molecule has 2 amide bonds. The lowest BCUT2D eigenvalue weighted by Crippen LogP contribution is -2.45. The molecule has 0 spiro atoms. The maximum absolute atomic E-state index is 14.0. The normalized spacial score (nSPS) is 15.3. The average molecular weight is 722 g/mol. The molecule has 13 nitrogen and oxygen atoms in total. The lowest BCUT2D eigenvalue weighted by atomic mass is 10.1. The molecule has 1 fully saturated rings. The number of fused-ring (bicyclic) bond motifs is 1. The van der Waals surface area contributed by atoms with Crippen molar-refractivity contribution in [3.8, 4) is 11.5 Å². The SMILES string of the molecule is Cc1ccc(N2C(=O)C(CC(=O)Nc3ccc(-c4nc5ccccc5o4)cc3)N(Cc3/c(=N/S(=O)(=O)c4ccc(C)cc4)o[n-][n+]3C)C2=S)cc1. The smallest absolute Gasteiger partial charge is 0.289 e. The number of carbonyl (C=O) groups excluding carboxylic acids is 2. The first-order valence-corrected chi connectivity index (χ1v) is 17.7. The molecule has 51 heavy (non-hydrogen) atoms. The largest absolute Gasteiger partial charge is 0.486 e. The van der Waals surface area contributed by atoms with Crippen molar-refractivity contribution in [2.45, 2.75) is 37.8 Å². The van der Waals surface area contributed by atoms with E-state index in [4.69, 9.17) is 21.2 Å². The van der Waals surface area contributed by atoms with Crippen LogP contribution in [-0.2, 0) is 33.2 Å². The number of oxazole rings is 1. The summed E-state index contributed by atoms with van der Waals surface area (Å²) < 4.78 is 42.8. The second-order valence-electron chi connectivity index (χ2n) is 12.1. The summed E-state index contributed by atoms with van der Waals surface area (Å²) in [6.45, 7) is 3.64. The lowest BCUT2D eigenvalue weighted by Gasteiger charge is -2.22. The Bertz CT molecular complexity index is 2440. The molecule has 0 aliphatic carbocycles. The Morgan fingerprint density at radius 2 is 1.65 bits per heavy atom. The van der Waals surface area contributed by atoms with Crippen LogP contribution in [0.1, 0.15) is 23.2 Å². The molecule has 2 aromatic heterocycles. The number of para-hydroxylation sites is 2. The van der Waals surface area contributed by atoms with Crippen LogP contribution in [0.4, 0.5) is 11.4 Å². The van der Waals surface area contributed by atoms with Crippen LogP contribution < -0.4 is 25.7 Å². The van der Waals surface area contributed by atoms with Crippen molar-refractivity contribution in [3.05, 3.63) is 119 Å². The molecule has 6 aromatic rings. The van der Waals surface area contributed by atoms with Crippen LogP contribution in [0.3, 0.4) is 0 Å². The summed E-state index contributed by atoms with van der Waals surface area (Å²) in [6.07, 6.45) is -0.267. The number of amides is 2. The third-order valence-corrected chi connectivity index (χ3v) is 10.1. The van der Waals surface area contributed by atoms with Crippen LogP contribution in [0.5, 0.6) is 0 Å². The molecule has 0 saturated carbocycles. The van der Waals surface area contributed by atoms with Crippen molar-refractivity contribution in [1.29, 1.82) is 0 Å². The minimum atomic E-state index is -4.17. The second-order valence-corrected chi connectivity index (χ2v) is 14.0. The lowest BCUT2D eigenvalue weighted by molar-refractivity contribution is -0.752. The number of rotatable bonds is 9. The Balaban J connectivity index is 1.16. The highest BCUT2D eigenvalue weighted by Crippen LogP contribution is 2.29. The van der Waals surface area contributed by atoms with E-state index in [9.17, 15) is 18.0 Å². The van der Waals surface area contributed by atoms with E-state index in [1.165, 1.54) is 21.7 Å². The van der Waals surface area contributed by atoms with Gasteiger partial charge in [0.1, 0.15) is 25.2 Å². The van der Waals surface area contributed by atoms with Gasteiger partial charge in [-0.15, -0.1) is 4.40 Å². The first-order chi connectivity index (χ1) is 24.5. The fourth-order valence-electron chi connectivity index (χ4n) is 5.64. The fraction of sp³-hybridized carbons (Fsp3) is 0.167. The fourth-order valence-corrected chi connectivity index (χ4v) is 6.97. The maximum atomic E-state index is 14.0. The number of carbonyl (C=O) groups is 2. The van der Waals surface area contributed by atoms with Crippen molar-refractivity contribution in [3.63, 3.8) is 0 Å². The van der Waals surface area contributed by atoms with Crippen LogP contribution in [0, 0.1) is 13.8 Å². The molecule has 1 N–H and O–H groups in total. The summed E-state index contributed by atoms with van der Waals surface area (Å²) in [7, 11) is -2.62. The van der Waals surface area contributed by atoms with E-state index in [1.807, 2.05) is 50.2 Å². The van der Waals surface area contributed by atoms with Gasteiger partial charge < -0.3 is 19.2 Å². The molecule has 1 unspecified atom stereocenters. The van der Waals surface area contributed by atoms with Gasteiger partial charge in [-0.3, -0.25) is 19.8 Å². The number of anilines is 2. The summed E-state index contributed by atoms with van der Waals surface area (Å²) in [4.78, 5) is 35.0. The summed E-state index contributed by atoms with van der Waals surface area (Å²) >= 11 is 5.83. The Morgan fingerprint density at radius 1 is 0.980 bits per heavy atom. The quantitative estimate of drug-likeness (QED) is 0.169. The Morgan fingerprint density at radius 3 is 2.33 bits per heavy atom. The molecule has 1 aliphatic heterocycles. The van der Waals surface area contributed by atoms with E-state index < -0.39 is 27.9 Å². The molecular formula is C36H31N7O6S2. The number of benzene rings is 4. The van der Waals surface area contributed by atoms with Gasteiger partial charge in [-0.1, -0.05) is 47.5 Å². The zero-order valence-corrected chi connectivity index (χ0v) is 29.3. The number of aromatic nitrogens is 3. The number of thiocarbonyl (C=S) groups is 1. The molecule has 3 heterocycles. The van der Waals surface area contributed by atoms with Crippen molar-refractivity contribution in [2.75, 3.05) is 10.2 Å². The van der Waals surface area contributed by atoms with Crippen LogP contribution in [-0.4, -0.2) is 41.3 Å². The molecule has 7 rings (SSSR count). The van der Waals surface area contributed by atoms with Gasteiger partial charge in [0.05, 0.1) is 17.0 Å². The first-order valence-electron chi connectivity index (χ1n) is 15.8. The molecule has 15 heteroatoms. The van der Waals surface area contributed by atoms with E-state index >= 15 is 0 Å². The average Bonchev–Trinajstić information content (AvgIpc) is 3.76. The highest BCUT2D eigenvalue weighted by atomic mass is 32.2. The molecule has 1 atom stereocenters. The van der Waals surface area contributed by atoms with Gasteiger partial charge in [0.25, 0.3) is 27.2 Å². The Hall–Kier alpha value is -5.93. The highest BCUT2D eigenvalue weighted by molar-refractivity contribution is 7.90. The minimum absolute atomic E-state index is 0.0213. The van der Waals surface area contributed by atoms with Gasteiger partial charge in [-0.05, 0) is 86.7 Å². The van der Waals surface area contributed by atoms with Gasteiger partial charge >= 0.3 is 0 Å². The third-order valence-electron chi connectivity index (χ3n) is 8.43. The van der Waals surface area contributed by atoms with Crippen LogP contribution in [0.15, 0.2) is 115 Å².